The van der Waals surface area contributed by atoms with Crippen LogP contribution >= 0.6 is 24.0 Å². The highest BCUT2D eigenvalue weighted by Crippen LogP contribution is 2.23. The highest BCUT2D eigenvalue weighted by molar-refractivity contribution is 7.98. The minimum absolute atomic E-state index is 0.655. The molecule has 0 spiro atoms. The molecule has 0 amide bonds. The standard InChI is InChI=1S/C26H30N2OS2/c1-2-19-29-25-13-7-6-9-22(25)10-8-18-27-26(30)28-23-16-14-21(15-17-23)20-31-24-11-4-3-5-12-24/h3-7,9,11-17H,2,8,10,18-20H2,1H3,(H2,27,28,30). The van der Waals surface area contributed by atoms with E-state index in [0.717, 1.165) is 49.6 Å². The largest absolute Gasteiger partial charge is 0.493 e. The molecule has 0 aliphatic carbocycles. The predicted octanol–water partition coefficient (Wildman–Crippen LogP) is 6.69. The molecular weight excluding hydrogens is 420 g/mol. The van der Waals surface area contributed by atoms with E-state index in [9.17, 15) is 0 Å². The van der Waals surface area contributed by atoms with E-state index in [1.54, 1.807) is 0 Å². The van der Waals surface area contributed by atoms with Crippen LogP contribution in [-0.4, -0.2) is 18.3 Å². The van der Waals surface area contributed by atoms with Crippen LogP contribution in [0.25, 0.3) is 0 Å². The van der Waals surface area contributed by atoms with Crippen LogP contribution in [0.3, 0.4) is 0 Å². The Morgan fingerprint density at radius 3 is 2.45 bits per heavy atom. The lowest BCUT2D eigenvalue weighted by atomic mass is 10.1. The fourth-order valence-corrected chi connectivity index (χ4v) is 4.18. The van der Waals surface area contributed by atoms with Crippen LogP contribution < -0.4 is 15.4 Å². The second-order valence-electron chi connectivity index (χ2n) is 7.24. The summed E-state index contributed by atoms with van der Waals surface area (Å²) >= 11 is 7.29. The number of rotatable bonds is 11. The summed E-state index contributed by atoms with van der Waals surface area (Å²) in [5.41, 5.74) is 3.55. The Labute approximate surface area is 195 Å². The van der Waals surface area contributed by atoms with Crippen LogP contribution in [0, 0.1) is 0 Å². The minimum Gasteiger partial charge on any atom is -0.493 e. The van der Waals surface area contributed by atoms with Crippen molar-refractivity contribution in [3.8, 4) is 5.75 Å². The monoisotopic (exact) mass is 450 g/mol. The van der Waals surface area contributed by atoms with Gasteiger partial charge in [0.25, 0.3) is 0 Å². The van der Waals surface area contributed by atoms with Crippen LogP contribution in [0.4, 0.5) is 5.69 Å². The van der Waals surface area contributed by atoms with Gasteiger partial charge in [-0.1, -0.05) is 55.5 Å². The van der Waals surface area contributed by atoms with Crippen molar-refractivity contribution in [3.05, 3.63) is 90.0 Å². The first-order valence-corrected chi connectivity index (χ1v) is 12.2. The Kier molecular flexibility index (Phi) is 9.74. The molecule has 0 atom stereocenters. The number of thioether (sulfide) groups is 1. The lowest BCUT2D eigenvalue weighted by Crippen LogP contribution is -2.29. The zero-order chi connectivity index (χ0) is 21.7. The first-order chi connectivity index (χ1) is 15.2. The van der Waals surface area contributed by atoms with Gasteiger partial charge >= 0.3 is 0 Å². The molecule has 0 unspecified atom stereocenters. The molecule has 0 saturated heterocycles. The molecule has 3 aromatic rings. The Balaban J connectivity index is 1.37. The summed E-state index contributed by atoms with van der Waals surface area (Å²) in [6.07, 6.45) is 2.97. The van der Waals surface area contributed by atoms with Crippen molar-refractivity contribution in [2.45, 2.75) is 36.8 Å². The third kappa shape index (κ3) is 8.27. The molecule has 3 nitrogen and oxygen atoms in total. The van der Waals surface area contributed by atoms with Gasteiger partial charge in [0.1, 0.15) is 5.75 Å². The molecule has 162 valence electrons. The first-order valence-electron chi connectivity index (χ1n) is 10.8. The van der Waals surface area contributed by atoms with Crippen molar-refractivity contribution in [1.29, 1.82) is 0 Å². The molecule has 0 fully saturated rings. The van der Waals surface area contributed by atoms with Crippen molar-refractivity contribution in [3.63, 3.8) is 0 Å². The second kappa shape index (κ2) is 13.0. The third-order valence-corrected chi connectivity index (χ3v) is 6.03. The molecule has 0 aromatic heterocycles. The number of para-hydroxylation sites is 1. The fourth-order valence-electron chi connectivity index (χ4n) is 3.09. The highest BCUT2D eigenvalue weighted by Gasteiger charge is 2.04. The van der Waals surface area contributed by atoms with E-state index in [4.69, 9.17) is 17.0 Å². The van der Waals surface area contributed by atoms with Gasteiger partial charge < -0.3 is 15.4 Å². The van der Waals surface area contributed by atoms with E-state index in [2.05, 4.69) is 78.2 Å². The molecule has 2 N–H and O–H groups in total. The third-order valence-electron chi connectivity index (χ3n) is 4.70. The smallest absolute Gasteiger partial charge is 0.170 e. The molecule has 5 heteroatoms. The number of anilines is 1. The van der Waals surface area contributed by atoms with Crippen LogP contribution in [-0.2, 0) is 12.2 Å². The van der Waals surface area contributed by atoms with Gasteiger partial charge in [-0.3, -0.25) is 0 Å². The average Bonchev–Trinajstić information content (AvgIpc) is 2.81. The molecule has 0 aliphatic rings. The zero-order valence-corrected chi connectivity index (χ0v) is 19.6. The summed E-state index contributed by atoms with van der Waals surface area (Å²) in [5, 5.41) is 7.22. The normalized spacial score (nSPS) is 10.5. The summed E-state index contributed by atoms with van der Waals surface area (Å²) in [7, 11) is 0. The lowest BCUT2D eigenvalue weighted by Gasteiger charge is -2.13. The van der Waals surface area contributed by atoms with E-state index >= 15 is 0 Å². The van der Waals surface area contributed by atoms with Gasteiger partial charge in [-0.05, 0) is 72.9 Å². The molecule has 3 aromatic carbocycles. The Morgan fingerprint density at radius 1 is 0.935 bits per heavy atom. The van der Waals surface area contributed by atoms with Gasteiger partial charge in [0.05, 0.1) is 6.61 Å². The highest BCUT2D eigenvalue weighted by atomic mass is 32.2. The fraction of sp³-hybridized carbons (Fsp3) is 0.269. The lowest BCUT2D eigenvalue weighted by molar-refractivity contribution is 0.314. The van der Waals surface area contributed by atoms with E-state index in [1.807, 2.05) is 30.0 Å². The Morgan fingerprint density at radius 2 is 1.68 bits per heavy atom. The summed E-state index contributed by atoms with van der Waals surface area (Å²) in [4.78, 5) is 1.29. The maximum Gasteiger partial charge on any atom is 0.170 e. The van der Waals surface area contributed by atoms with Crippen molar-refractivity contribution in [2.24, 2.45) is 0 Å². The summed E-state index contributed by atoms with van der Waals surface area (Å²) in [5.74, 6) is 1.95. The van der Waals surface area contributed by atoms with Gasteiger partial charge in [-0.25, -0.2) is 0 Å². The number of hydrogen-bond acceptors (Lipinski definition) is 3. The van der Waals surface area contributed by atoms with Gasteiger partial charge in [0.2, 0.25) is 0 Å². The maximum atomic E-state index is 5.84. The number of benzene rings is 3. The summed E-state index contributed by atoms with van der Waals surface area (Å²) in [6.45, 7) is 3.70. The van der Waals surface area contributed by atoms with Crippen molar-refractivity contribution in [2.75, 3.05) is 18.5 Å². The quantitative estimate of drug-likeness (QED) is 0.193. The molecule has 31 heavy (non-hydrogen) atoms. The topological polar surface area (TPSA) is 33.3 Å². The predicted molar refractivity (Wildman–Crippen MR) is 137 cm³/mol. The van der Waals surface area contributed by atoms with E-state index < -0.39 is 0 Å². The van der Waals surface area contributed by atoms with Crippen LogP contribution in [0.1, 0.15) is 30.9 Å². The van der Waals surface area contributed by atoms with Crippen LogP contribution in [0.15, 0.2) is 83.8 Å². The van der Waals surface area contributed by atoms with E-state index in [-0.39, 0.29) is 0 Å². The van der Waals surface area contributed by atoms with E-state index in [1.165, 1.54) is 16.0 Å². The van der Waals surface area contributed by atoms with Gasteiger partial charge in [0, 0.05) is 22.9 Å². The average molecular weight is 451 g/mol. The molecule has 0 radical (unpaired) electrons. The van der Waals surface area contributed by atoms with Crippen molar-refractivity contribution in [1.82, 2.24) is 5.32 Å². The number of nitrogens with one attached hydrogen (secondary N) is 2. The number of aryl methyl sites for hydroxylation is 1. The number of ether oxygens (including phenoxy) is 1. The number of hydrogen-bond donors (Lipinski definition) is 2. The Hall–Kier alpha value is -2.50. The molecular formula is C26H30N2OS2. The first kappa shape index (κ1) is 23.2. The minimum atomic E-state index is 0.655. The molecule has 0 bridgehead atoms. The van der Waals surface area contributed by atoms with Gasteiger partial charge in [-0.15, -0.1) is 11.8 Å². The van der Waals surface area contributed by atoms with Gasteiger partial charge in [-0.2, -0.15) is 0 Å². The molecule has 0 saturated carbocycles. The molecule has 0 aliphatic heterocycles. The van der Waals surface area contributed by atoms with Gasteiger partial charge in [0.15, 0.2) is 5.11 Å². The second-order valence-corrected chi connectivity index (χ2v) is 8.70. The summed E-state index contributed by atoms with van der Waals surface area (Å²) < 4.78 is 5.84. The SMILES string of the molecule is CCCOc1ccccc1CCCNC(=S)Nc1ccc(CSc2ccccc2)cc1. The molecule has 3 rings (SSSR count). The van der Waals surface area contributed by atoms with Crippen LogP contribution in [0.5, 0.6) is 5.75 Å². The van der Waals surface area contributed by atoms with Crippen molar-refractivity contribution < 1.29 is 4.74 Å². The Bertz CT molecular complexity index is 930. The zero-order valence-electron chi connectivity index (χ0n) is 18.0. The number of thiocarbonyl (C=S) groups is 1. The van der Waals surface area contributed by atoms with Crippen molar-refractivity contribution >= 4 is 34.8 Å². The van der Waals surface area contributed by atoms with E-state index in [0.29, 0.717) is 5.11 Å². The van der Waals surface area contributed by atoms with Crippen LogP contribution in [0.2, 0.25) is 0 Å². The maximum absolute atomic E-state index is 5.84. The molecule has 0 heterocycles. The summed E-state index contributed by atoms with van der Waals surface area (Å²) in [6, 6.07) is 27.2.